The quantitative estimate of drug-likeness (QED) is 0.481. The van der Waals surface area contributed by atoms with Crippen LogP contribution in [0.1, 0.15) is 12.0 Å². The molecule has 4 N–H and O–H groups in total. The second-order valence-corrected chi connectivity index (χ2v) is 5.57. The standard InChI is InChI=1S/C14H19N3S.ClH/c15-14(16)18-11-10-17-8-6-13(7-9-17)12-4-2-1-3-5-12;/h1-6H,7-11H2,(H3,15,16);1H. The van der Waals surface area contributed by atoms with E-state index in [1.54, 1.807) is 0 Å². The third-order valence-corrected chi connectivity index (χ3v) is 3.83. The Bertz CT molecular complexity index is 434. The summed E-state index contributed by atoms with van der Waals surface area (Å²) in [6.07, 6.45) is 3.45. The molecule has 0 saturated heterocycles. The molecule has 5 heteroatoms. The van der Waals surface area contributed by atoms with Crippen molar-refractivity contribution in [1.29, 1.82) is 0 Å². The Morgan fingerprint density at radius 1 is 1.32 bits per heavy atom. The van der Waals surface area contributed by atoms with Gasteiger partial charge in [-0.15, -0.1) is 0 Å². The van der Waals surface area contributed by atoms with Gasteiger partial charge in [-0.25, -0.2) is 0 Å². The zero-order valence-corrected chi connectivity index (χ0v) is 12.5. The molecule has 0 aromatic heterocycles. The molecule has 0 amide bonds. The lowest BCUT2D eigenvalue weighted by Gasteiger charge is -2.26. The van der Waals surface area contributed by atoms with Crippen molar-refractivity contribution in [1.82, 2.24) is 4.90 Å². The van der Waals surface area contributed by atoms with Crippen LogP contribution in [-0.2, 0) is 0 Å². The molecule has 0 fully saturated rings. The second kappa shape index (κ2) is 8.25. The minimum absolute atomic E-state index is 0. The van der Waals surface area contributed by atoms with E-state index in [1.807, 2.05) is 0 Å². The molecule has 3 nitrogen and oxygen atoms in total. The number of amidine groups is 1. The molecule has 1 aromatic rings. The Balaban J connectivity index is 0.00000180. The Labute approximate surface area is 125 Å². The maximum absolute atomic E-state index is 5.43. The van der Waals surface area contributed by atoms with Crippen LogP contribution < -0.4 is 23.5 Å². The Morgan fingerprint density at radius 2 is 2.05 bits per heavy atom. The first-order valence-corrected chi connectivity index (χ1v) is 7.22. The summed E-state index contributed by atoms with van der Waals surface area (Å²) >= 11 is 1.53. The fraction of sp³-hybridized carbons (Fsp3) is 0.357. The fourth-order valence-electron chi connectivity index (χ4n) is 2.12. The molecule has 0 unspecified atom stereocenters. The van der Waals surface area contributed by atoms with E-state index in [1.165, 1.54) is 22.9 Å². The van der Waals surface area contributed by atoms with Crippen LogP contribution in [0.4, 0.5) is 0 Å². The van der Waals surface area contributed by atoms with Gasteiger partial charge in [0.2, 0.25) is 0 Å². The van der Waals surface area contributed by atoms with Gasteiger partial charge < -0.3 is 12.4 Å². The van der Waals surface area contributed by atoms with Crippen molar-refractivity contribution < 1.29 is 17.8 Å². The molecule has 0 radical (unpaired) electrons. The lowest BCUT2D eigenvalue weighted by molar-refractivity contribution is -0.110. The lowest BCUT2D eigenvalue weighted by Crippen LogP contribution is -3.00. The van der Waals surface area contributed by atoms with E-state index in [-0.39, 0.29) is 12.4 Å². The molecule has 0 spiro atoms. The highest BCUT2D eigenvalue weighted by Gasteiger charge is 2.12. The summed E-state index contributed by atoms with van der Waals surface area (Å²) in [6.45, 7) is 3.18. The predicted molar refractivity (Wildman–Crippen MR) is 79.1 cm³/mol. The average molecular weight is 298 g/mol. The molecule has 0 saturated carbocycles. The number of nitrogens with two attached hydrogens (primary N) is 2. The zero-order chi connectivity index (χ0) is 12.8. The monoisotopic (exact) mass is 297 g/mol. The number of thioether (sulfide) groups is 1. The third-order valence-electron chi connectivity index (χ3n) is 3.11. The number of rotatable bonds is 4. The van der Waals surface area contributed by atoms with Crippen molar-refractivity contribution in [3.05, 3.63) is 42.0 Å². The minimum Gasteiger partial charge on any atom is -1.00 e. The number of halogens is 1. The van der Waals surface area contributed by atoms with E-state index in [9.17, 15) is 0 Å². The first-order chi connectivity index (χ1) is 8.75. The van der Waals surface area contributed by atoms with E-state index in [0.29, 0.717) is 5.17 Å². The molecule has 0 atom stereocenters. The molecule has 0 aliphatic carbocycles. The summed E-state index contributed by atoms with van der Waals surface area (Å²) in [6, 6.07) is 10.6. The zero-order valence-electron chi connectivity index (χ0n) is 10.9. The Hall–Kier alpha value is -0.970. The molecule has 2 rings (SSSR count). The minimum atomic E-state index is 0. The van der Waals surface area contributed by atoms with Gasteiger partial charge in [0, 0.05) is 25.4 Å². The van der Waals surface area contributed by atoms with E-state index < -0.39 is 0 Å². The first-order valence-electron chi connectivity index (χ1n) is 6.23. The van der Waals surface area contributed by atoms with Gasteiger partial charge in [0.15, 0.2) is 0 Å². The van der Waals surface area contributed by atoms with Crippen molar-refractivity contribution in [2.24, 2.45) is 5.73 Å². The average Bonchev–Trinajstić information content (AvgIpc) is 2.40. The molecule has 104 valence electrons. The largest absolute Gasteiger partial charge is 1.00 e. The van der Waals surface area contributed by atoms with E-state index in [4.69, 9.17) is 11.1 Å². The van der Waals surface area contributed by atoms with Gasteiger partial charge >= 0.3 is 0 Å². The maximum atomic E-state index is 5.43. The van der Waals surface area contributed by atoms with Gasteiger partial charge in [0.05, 0.1) is 0 Å². The molecule has 0 bridgehead atoms. The van der Waals surface area contributed by atoms with Crippen LogP contribution in [0.2, 0.25) is 0 Å². The summed E-state index contributed by atoms with van der Waals surface area (Å²) in [5.74, 6) is 0.969. The van der Waals surface area contributed by atoms with Gasteiger partial charge in [-0.3, -0.25) is 16.0 Å². The van der Waals surface area contributed by atoms with Crippen LogP contribution >= 0.6 is 11.8 Å². The van der Waals surface area contributed by atoms with Gasteiger partial charge in [0.25, 0.3) is 5.17 Å². The van der Waals surface area contributed by atoms with Crippen molar-refractivity contribution in [3.8, 4) is 0 Å². The fourth-order valence-corrected chi connectivity index (χ4v) is 2.71. The number of benzene rings is 1. The highest BCUT2D eigenvalue weighted by atomic mass is 35.5. The lowest BCUT2D eigenvalue weighted by atomic mass is 10.00. The maximum Gasteiger partial charge on any atom is 0.299 e. The number of hydrogen-bond acceptors (Lipinski definition) is 2. The first kappa shape index (κ1) is 16.1. The molecule has 1 aromatic carbocycles. The van der Waals surface area contributed by atoms with Crippen molar-refractivity contribution in [2.45, 2.75) is 6.42 Å². The van der Waals surface area contributed by atoms with Crippen LogP contribution in [0.5, 0.6) is 0 Å². The van der Waals surface area contributed by atoms with Gasteiger partial charge in [0.1, 0.15) is 0 Å². The Morgan fingerprint density at radius 3 is 2.63 bits per heavy atom. The highest BCUT2D eigenvalue weighted by Crippen LogP contribution is 2.21. The molecule has 1 aliphatic heterocycles. The smallest absolute Gasteiger partial charge is 0.299 e. The van der Waals surface area contributed by atoms with Crippen LogP contribution in [0.25, 0.3) is 5.57 Å². The molecule has 1 heterocycles. The number of nitrogens with zero attached hydrogens (tertiary/aromatic N) is 1. The summed E-state index contributed by atoms with van der Waals surface area (Å²) in [4.78, 5) is 2.43. The summed E-state index contributed by atoms with van der Waals surface area (Å²) < 4.78 is 0. The summed E-state index contributed by atoms with van der Waals surface area (Å²) in [5, 5.41) is 5.90. The molecular weight excluding hydrogens is 278 g/mol. The molecule has 1 aliphatic rings. The second-order valence-electron chi connectivity index (χ2n) is 4.40. The molecular formula is C14H20ClN3S. The Kier molecular flexibility index (Phi) is 6.99. The topological polar surface area (TPSA) is 54.9 Å². The van der Waals surface area contributed by atoms with Crippen LogP contribution in [0.15, 0.2) is 36.4 Å². The van der Waals surface area contributed by atoms with Gasteiger partial charge in [-0.2, -0.15) is 0 Å². The van der Waals surface area contributed by atoms with Crippen LogP contribution in [0, 0.1) is 0 Å². The van der Waals surface area contributed by atoms with Gasteiger partial charge in [-0.1, -0.05) is 36.4 Å². The highest BCUT2D eigenvalue weighted by molar-refractivity contribution is 8.13. The summed E-state index contributed by atoms with van der Waals surface area (Å²) in [7, 11) is 0. The van der Waals surface area contributed by atoms with Crippen molar-refractivity contribution in [3.63, 3.8) is 0 Å². The van der Waals surface area contributed by atoms with E-state index in [2.05, 4.69) is 41.3 Å². The van der Waals surface area contributed by atoms with Crippen LogP contribution in [-0.4, -0.2) is 35.5 Å². The van der Waals surface area contributed by atoms with E-state index >= 15 is 0 Å². The SMILES string of the molecule is NC(=[NH2+])SCCN1CC=C(c2ccccc2)CC1.[Cl-]. The number of hydrogen-bond donors (Lipinski definition) is 2. The summed E-state index contributed by atoms with van der Waals surface area (Å²) in [5.41, 5.74) is 8.25. The van der Waals surface area contributed by atoms with Crippen LogP contribution in [0.3, 0.4) is 0 Å². The normalized spacial score (nSPS) is 15.5. The molecule has 19 heavy (non-hydrogen) atoms. The van der Waals surface area contributed by atoms with E-state index in [0.717, 1.165) is 31.8 Å². The third kappa shape index (κ3) is 5.27. The van der Waals surface area contributed by atoms with Crippen molar-refractivity contribution in [2.75, 3.05) is 25.4 Å². The van der Waals surface area contributed by atoms with Crippen molar-refractivity contribution >= 4 is 22.5 Å². The predicted octanol–water partition coefficient (Wildman–Crippen LogP) is -2.41. The van der Waals surface area contributed by atoms with Gasteiger partial charge in [-0.05, 0) is 29.3 Å².